The molecule has 68 valence electrons. The molecule has 0 amide bonds. The first-order valence-corrected chi connectivity index (χ1v) is 4.33. The fourth-order valence-corrected chi connectivity index (χ4v) is 1.42. The molecule has 1 atom stereocenters. The molecule has 1 aliphatic heterocycles. The molecule has 3 heteroatoms. The van der Waals surface area contributed by atoms with Crippen LogP contribution in [-0.4, -0.2) is 19.1 Å². The summed E-state index contributed by atoms with van der Waals surface area (Å²) in [5, 5.41) is 3.11. The lowest BCUT2D eigenvalue weighted by atomic mass is 10.1. The molecule has 1 heterocycles. The highest BCUT2D eigenvalue weighted by Crippen LogP contribution is 2.15. The van der Waals surface area contributed by atoms with Crippen molar-refractivity contribution in [3.63, 3.8) is 0 Å². The van der Waals surface area contributed by atoms with Crippen LogP contribution >= 0.6 is 0 Å². The first kappa shape index (κ1) is 8.26. The average Bonchev–Trinajstić information content (AvgIpc) is 2.20. The van der Waals surface area contributed by atoms with Crippen molar-refractivity contribution in [2.75, 3.05) is 13.2 Å². The maximum absolute atomic E-state index is 11.3. The second-order valence-electron chi connectivity index (χ2n) is 2.97. The van der Waals surface area contributed by atoms with E-state index in [4.69, 9.17) is 4.74 Å². The minimum Gasteiger partial charge on any atom is -0.463 e. The molecule has 1 aliphatic rings. The average molecular weight is 177 g/mol. The minimum absolute atomic E-state index is 0.183. The van der Waals surface area contributed by atoms with Gasteiger partial charge in [0, 0.05) is 6.54 Å². The fourth-order valence-electron chi connectivity index (χ4n) is 1.42. The number of nitrogens with one attached hydrogen (secondary N) is 1. The predicted molar refractivity (Wildman–Crippen MR) is 48.1 cm³/mol. The molecule has 1 N–H and O–H groups in total. The number of ether oxygens (including phenoxy) is 1. The number of esters is 1. The van der Waals surface area contributed by atoms with Crippen molar-refractivity contribution in [2.45, 2.75) is 6.04 Å². The molecule has 0 spiro atoms. The Balaban J connectivity index is 2.20. The van der Waals surface area contributed by atoms with Crippen LogP contribution in [0.5, 0.6) is 0 Å². The zero-order valence-electron chi connectivity index (χ0n) is 7.19. The van der Waals surface area contributed by atoms with Crippen molar-refractivity contribution in [2.24, 2.45) is 0 Å². The standard InChI is InChI=1S/C10H11NO2/c12-10-9(11-6-7-13-10)8-4-2-1-3-5-8/h1-5,9,11H,6-7H2. The smallest absolute Gasteiger partial charge is 0.327 e. The van der Waals surface area contributed by atoms with E-state index in [9.17, 15) is 4.79 Å². The molecule has 0 aromatic heterocycles. The number of carbonyl (C=O) groups excluding carboxylic acids is 1. The van der Waals surface area contributed by atoms with E-state index in [1.165, 1.54) is 0 Å². The van der Waals surface area contributed by atoms with Crippen LogP contribution in [0.3, 0.4) is 0 Å². The quantitative estimate of drug-likeness (QED) is 0.647. The first-order valence-electron chi connectivity index (χ1n) is 4.33. The second kappa shape index (κ2) is 3.58. The SMILES string of the molecule is O=C1OCCNC1c1ccccc1. The molecular formula is C10H11NO2. The van der Waals surface area contributed by atoms with Gasteiger partial charge in [-0.05, 0) is 5.56 Å². The van der Waals surface area contributed by atoms with Gasteiger partial charge in [-0.25, -0.2) is 4.79 Å². The number of rotatable bonds is 1. The summed E-state index contributed by atoms with van der Waals surface area (Å²) in [6.07, 6.45) is 0. The second-order valence-corrected chi connectivity index (χ2v) is 2.97. The Morgan fingerprint density at radius 1 is 1.31 bits per heavy atom. The molecule has 0 bridgehead atoms. The van der Waals surface area contributed by atoms with Gasteiger partial charge in [-0.2, -0.15) is 0 Å². The maximum atomic E-state index is 11.3. The summed E-state index contributed by atoms with van der Waals surface area (Å²) in [6, 6.07) is 9.32. The van der Waals surface area contributed by atoms with E-state index in [1.807, 2.05) is 30.3 Å². The molecule has 0 radical (unpaired) electrons. The summed E-state index contributed by atoms with van der Waals surface area (Å²) in [5.41, 5.74) is 0.965. The molecule has 1 aromatic carbocycles. The van der Waals surface area contributed by atoms with Gasteiger partial charge in [0.05, 0.1) is 0 Å². The Morgan fingerprint density at radius 3 is 2.77 bits per heavy atom. The van der Waals surface area contributed by atoms with Crippen molar-refractivity contribution in [1.29, 1.82) is 0 Å². The highest BCUT2D eigenvalue weighted by molar-refractivity contribution is 5.78. The number of carbonyl (C=O) groups is 1. The van der Waals surface area contributed by atoms with Crippen LogP contribution in [0.25, 0.3) is 0 Å². The van der Waals surface area contributed by atoms with Crippen LogP contribution < -0.4 is 5.32 Å². The Bertz CT molecular complexity index is 297. The Kier molecular flexibility index (Phi) is 2.27. The molecule has 0 aliphatic carbocycles. The lowest BCUT2D eigenvalue weighted by molar-refractivity contribution is -0.149. The topological polar surface area (TPSA) is 38.3 Å². The van der Waals surface area contributed by atoms with E-state index in [0.29, 0.717) is 6.61 Å². The van der Waals surface area contributed by atoms with Crippen LogP contribution in [0.15, 0.2) is 30.3 Å². The predicted octanol–water partition coefficient (Wildman–Crippen LogP) is 0.874. The van der Waals surface area contributed by atoms with Gasteiger partial charge in [0.2, 0.25) is 0 Å². The van der Waals surface area contributed by atoms with Crippen LogP contribution in [0.1, 0.15) is 11.6 Å². The van der Waals surface area contributed by atoms with Crippen LogP contribution in [-0.2, 0) is 9.53 Å². The third-order valence-electron chi connectivity index (χ3n) is 2.06. The molecule has 1 aromatic rings. The van der Waals surface area contributed by atoms with Crippen LogP contribution in [0.2, 0.25) is 0 Å². The maximum Gasteiger partial charge on any atom is 0.327 e. The Morgan fingerprint density at radius 2 is 2.08 bits per heavy atom. The van der Waals surface area contributed by atoms with Gasteiger partial charge in [-0.15, -0.1) is 0 Å². The summed E-state index contributed by atoms with van der Waals surface area (Å²) in [6.45, 7) is 1.20. The number of cyclic esters (lactones) is 1. The zero-order chi connectivity index (χ0) is 9.10. The number of benzene rings is 1. The van der Waals surface area contributed by atoms with Crippen LogP contribution in [0, 0.1) is 0 Å². The lowest BCUT2D eigenvalue weighted by Crippen LogP contribution is -2.38. The molecule has 0 saturated carbocycles. The highest BCUT2D eigenvalue weighted by Gasteiger charge is 2.24. The number of hydrogen-bond acceptors (Lipinski definition) is 3. The minimum atomic E-state index is -0.282. The van der Waals surface area contributed by atoms with Gasteiger partial charge in [-0.1, -0.05) is 30.3 Å². The van der Waals surface area contributed by atoms with E-state index >= 15 is 0 Å². The summed E-state index contributed by atoms with van der Waals surface area (Å²) in [4.78, 5) is 11.3. The molecule has 2 rings (SSSR count). The first-order chi connectivity index (χ1) is 6.38. The summed E-state index contributed by atoms with van der Waals surface area (Å²) < 4.78 is 4.94. The van der Waals surface area contributed by atoms with Gasteiger partial charge in [0.1, 0.15) is 12.6 Å². The zero-order valence-corrected chi connectivity index (χ0v) is 7.19. The van der Waals surface area contributed by atoms with Crippen molar-refractivity contribution in [1.82, 2.24) is 5.32 Å². The molecule has 1 unspecified atom stereocenters. The van der Waals surface area contributed by atoms with Crippen molar-refractivity contribution < 1.29 is 9.53 Å². The van der Waals surface area contributed by atoms with E-state index in [1.54, 1.807) is 0 Å². The normalized spacial score (nSPS) is 22.5. The largest absolute Gasteiger partial charge is 0.463 e. The van der Waals surface area contributed by atoms with E-state index in [2.05, 4.69) is 5.32 Å². The van der Waals surface area contributed by atoms with E-state index < -0.39 is 0 Å². The third kappa shape index (κ3) is 1.70. The van der Waals surface area contributed by atoms with Gasteiger partial charge in [0.15, 0.2) is 0 Å². The number of morpholine rings is 1. The number of hydrogen-bond donors (Lipinski definition) is 1. The lowest BCUT2D eigenvalue weighted by Gasteiger charge is -2.22. The fraction of sp³-hybridized carbons (Fsp3) is 0.300. The molecule has 13 heavy (non-hydrogen) atoms. The van der Waals surface area contributed by atoms with Crippen LogP contribution in [0.4, 0.5) is 0 Å². The Labute approximate surface area is 76.7 Å². The Hall–Kier alpha value is -1.35. The van der Waals surface area contributed by atoms with Gasteiger partial charge in [-0.3, -0.25) is 5.32 Å². The summed E-state index contributed by atoms with van der Waals surface area (Å²) >= 11 is 0. The van der Waals surface area contributed by atoms with E-state index in [-0.39, 0.29) is 12.0 Å². The molecular weight excluding hydrogens is 166 g/mol. The summed E-state index contributed by atoms with van der Waals surface area (Å²) in [5.74, 6) is -0.183. The molecule has 1 fully saturated rings. The highest BCUT2D eigenvalue weighted by atomic mass is 16.5. The monoisotopic (exact) mass is 177 g/mol. The van der Waals surface area contributed by atoms with Gasteiger partial charge in [0.25, 0.3) is 0 Å². The van der Waals surface area contributed by atoms with Gasteiger partial charge >= 0.3 is 5.97 Å². The van der Waals surface area contributed by atoms with Gasteiger partial charge < -0.3 is 4.74 Å². The van der Waals surface area contributed by atoms with Crippen molar-refractivity contribution in [3.8, 4) is 0 Å². The molecule has 3 nitrogen and oxygen atoms in total. The van der Waals surface area contributed by atoms with Crippen molar-refractivity contribution in [3.05, 3.63) is 35.9 Å². The third-order valence-corrected chi connectivity index (χ3v) is 2.06. The van der Waals surface area contributed by atoms with Crippen molar-refractivity contribution >= 4 is 5.97 Å². The summed E-state index contributed by atoms with van der Waals surface area (Å²) in [7, 11) is 0. The molecule has 1 saturated heterocycles. The van der Waals surface area contributed by atoms with E-state index in [0.717, 1.165) is 12.1 Å².